The van der Waals surface area contributed by atoms with Crippen LogP contribution < -0.4 is 20.9 Å². The Labute approximate surface area is 233 Å². The standard InChI is InChI=1S/C28H34N10O2/c1-17-14-19(6-7-20(17)18(2)32-25(39)26-34-27(37-40-26)28(3,4)5)21-15-23(31-16-30-21)33-22-8-9-24(36-35-22)38-12-10-29-11-13-38/h6-9,14-16,18,29H,10-13H2,1-5H3,(H,32,39)(H,30,31,33,35). The molecule has 40 heavy (non-hydrogen) atoms. The van der Waals surface area contributed by atoms with E-state index in [0.29, 0.717) is 17.5 Å². The van der Waals surface area contributed by atoms with Crippen LogP contribution in [0.25, 0.3) is 11.3 Å². The quantitative estimate of drug-likeness (QED) is 0.315. The van der Waals surface area contributed by atoms with Gasteiger partial charge in [-0.1, -0.05) is 38.1 Å². The molecule has 4 heterocycles. The monoisotopic (exact) mass is 542 g/mol. The highest BCUT2D eigenvalue weighted by Gasteiger charge is 2.25. The second-order valence-electron chi connectivity index (χ2n) is 10.9. The molecular weight excluding hydrogens is 508 g/mol. The number of rotatable bonds is 7. The maximum atomic E-state index is 12.7. The number of carbonyl (C=O) groups is 1. The van der Waals surface area contributed by atoms with Crippen molar-refractivity contribution < 1.29 is 9.32 Å². The van der Waals surface area contributed by atoms with Crippen molar-refractivity contribution in [2.24, 2.45) is 0 Å². The van der Waals surface area contributed by atoms with Crippen molar-refractivity contribution >= 4 is 23.4 Å². The first kappa shape index (κ1) is 27.1. The number of hydrogen-bond acceptors (Lipinski definition) is 11. The predicted molar refractivity (Wildman–Crippen MR) is 151 cm³/mol. The van der Waals surface area contributed by atoms with E-state index in [9.17, 15) is 4.79 Å². The molecule has 1 amide bonds. The summed E-state index contributed by atoms with van der Waals surface area (Å²) >= 11 is 0. The van der Waals surface area contributed by atoms with E-state index in [2.05, 4.69) is 51.2 Å². The minimum atomic E-state index is -0.408. The Morgan fingerprint density at radius 3 is 2.52 bits per heavy atom. The maximum absolute atomic E-state index is 12.7. The second kappa shape index (κ2) is 11.3. The summed E-state index contributed by atoms with van der Waals surface area (Å²) in [5.74, 6) is 2.12. The first-order chi connectivity index (χ1) is 19.2. The zero-order chi connectivity index (χ0) is 28.3. The van der Waals surface area contributed by atoms with E-state index in [1.54, 1.807) is 0 Å². The van der Waals surface area contributed by atoms with E-state index in [0.717, 1.165) is 54.4 Å². The van der Waals surface area contributed by atoms with Gasteiger partial charge in [-0.3, -0.25) is 4.79 Å². The molecule has 1 aliphatic heterocycles. The molecule has 0 radical (unpaired) electrons. The van der Waals surface area contributed by atoms with Crippen molar-refractivity contribution in [1.82, 2.24) is 40.9 Å². The summed E-state index contributed by atoms with van der Waals surface area (Å²) in [5, 5.41) is 22.1. The Hall–Kier alpha value is -4.45. The largest absolute Gasteiger partial charge is 0.353 e. The summed E-state index contributed by atoms with van der Waals surface area (Å²) in [5.41, 5.74) is 3.36. The number of carbonyl (C=O) groups excluding carboxylic acids is 1. The predicted octanol–water partition coefficient (Wildman–Crippen LogP) is 3.57. The molecule has 3 aromatic heterocycles. The normalized spacial score (nSPS) is 14.6. The zero-order valence-corrected chi connectivity index (χ0v) is 23.4. The third-order valence-electron chi connectivity index (χ3n) is 6.69. The van der Waals surface area contributed by atoms with Gasteiger partial charge < -0.3 is 25.4 Å². The highest BCUT2D eigenvalue weighted by atomic mass is 16.5. The van der Waals surface area contributed by atoms with Gasteiger partial charge >= 0.3 is 11.8 Å². The lowest BCUT2D eigenvalue weighted by molar-refractivity contribution is 0.0895. The molecule has 4 aromatic rings. The minimum absolute atomic E-state index is 0.0461. The SMILES string of the molecule is Cc1cc(-c2cc(Nc3ccc(N4CCNCC4)nn3)ncn2)ccc1C(C)NC(=O)c1nc(C(C)(C)C)no1. The molecule has 12 heteroatoms. The van der Waals surface area contributed by atoms with Gasteiger partial charge in [0.05, 0.1) is 11.7 Å². The summed E-state index contributed by atoms with van der Waals surface area (Å²) in [6.45, 7) is 13.5. The molecule has 1 aliphatic rings. The van der Waals surface area contributed by atoms with E-state index >= 15 is 0 Å². The molecule has 1 aromatic carbocycles. The molecule has 0 bridgehead atoms. The highest BCUT2D eigenvalue weighted by molar-refractivity contribution is 5.89. The average molecular weight is 543 g/mol. The van der Waals surface area contributed by atoms with Crippen molar-refractivity contribution in [2.45, 2.75) is 46.1 Å². The van der Waals surface area contributed by atoms with Crippen molar-refractivity contribution in [1.29, 1.82) is 0 Å². The van der Waals surface area contributed by atoms with Crippen LogP contribution in [0.2, 0.25) is 0 Å². The van der Waals surface area contributed by atoms with Gasteiger partial charge in [0.15, 0.2) is 17.5 Å². The summed E-state index contributed by atoms with van der Waals surface area (Å²) in [7, 11) is 0. The fourth-order valence-corrected chi connectivity index (χ4v) is 4.45. The Morgan fingerprint density at radius 2 is 1.85 bits per heavy atom. The molecule has 12 nitrogen and oxygen atoms in total. The minimum Gasteiger partial charge on any atom is -0.353 e. The average Bonchev–Trinajstić information content (AvgIpc) is 3.46. The summed E-state index contributed by atoms with van der Waals surface area (Å²) < 4.78 is 5.18. The molecular formula is C28H34N10O2. The topological polar surface area (TPSA) is 147 Å². The molecule has 0 saturated carbocycles. The summed E-state index contributed by atoms with van der Waals surface area (Å²) in [6, 6.07) is 11.5. The Morgan fingerprint density at radius 1 is 1.05 bits per heavy atom. The Balaban J connectivity index is 1.25. The Kier molecular flexibility index (Phi) is 7.69. The molecule has 3 N–H and O–H groups in total. The van der Waals surface area contributed by atoms with Crippen LogP contribution >= 0.6 is 0 Å². The molecule has 208 valence electrons. The number of nitrogens with one attached hydrogen (secondary N) is 3. The van der Waals surface area contributed by atoms with Crippen LogP contribution in [0.4, 0.5) is 17.5 Å². The summed E-state index contributed by atoms with van der Waals surface area (Å²) in [4.78, 5) is 28.0. The van der Waals surface area contributed by atoms with E-state index in [1.807, 2.05) is 71.0 Å². The lowest BCUT2D eigenvalue weighted by Gasteiger charge is -2.27. The van der Waals surface area contributed by atoms with Crippen LogP contribution in [0.15, 0.2) is 47.2 Å². The number of benzene rings is 1. The van der Waals surface area contributed by atoms with E-state index in [1.165, 1.54) is 6.33 Å². The van der Waals surface area contributed by atoms with Gasteiger partial charge in [0.1, 0.15) is 12.1 Å². The highest BCUT2D eigenvalue weighted by Crippen LogP contribution is 2.26. The third-order valence-corrected chi connectivity index (χ3v) is 6.69. The lowest BCUT2D eigenvalue weighted by Crippen LogP contribution is -2.43. The van der Waals surface area contributed by atoms with Crippen LogP contribution in [-0.2, 0) is 5.41 Å². The number of anilines is 3. The number of nitrogens with zero attached hydrogens (tertiary/aromatic N) is 7. The fraction of sp³-hybridized carbons (Fsp3) is 0.393. The number of piperazine rings is 1. The van der Waals surface area contributed by atoms with Crippen molar-refractivity contribution in [3.63, 3.8) is 0 Å². The second-order valence-corrected chi connectivity index (χ2v) is 10.9. The maximum Gasteiger partial charge on any atom is 0.315 e. The molecule has 0 spiro atoms. The van der Waals surface area contributed by atoms with Gasteiger partial charge in [-0.15, -0.1) is 10.2 Å². The van der Waals surface area contributed by atoms with Gasteiger partial charge in [0.25, 0.3) is 0 Å². The molecule has 5 rings (SSSR count). The van der Waals surface area contributed by atoms with Gasteiger partial charge in [-0.2, -0.15) is 4.98 Å². The first-order valence-corrected chi connectivity index (χ1v) is 13.3. The Bertz CT molecular complexity index is 1470. The first-order valence-electron chi connectivity index (χ1n) is 13.3. The third kappa shape index (κ3) is 6.23. The summed E-state index contributed by atoms with van der Waals surface area (Å²) in [6.07, 6.45) is 1.52. The van der Waals surface area contributed by atoms with Crippen LogP contribution in [0.5, 0.6) is 0 Å². The van der Waals surface area contributed by atoms with Crippen LogP contribution in [-0.4, -0.2) is 62.4 Å². The van der Waals surface area contributed by atoms with Gasteiger partial charge in [-0.25, -0.2) is 9.97 Å². The van der Waals surface area contributed by atoms with Crippen LogP contribution in [0.1, 0.15) is 61.4 Å². The van der Waals surface area contributed by atoms with Gasteiger partial charge in [0, 0.05) is 43.2 Å². The molecule has 1 fully saturated rings. The molecule has 1 saturated heterocycles. The molecule has 0 aliphatic carbocycles. The molecule has 1 unspecified atom stereocenters. The van der Waals surface area contributed by atoms with E-state index in [4.69, 9.17) is 4.52 Å². The van der Waals surface area contributed by atoms with Gasteiger partial charge in [-0.05, 0) is 43.2 Å². The smallest absolute Gasteiger partial charge is 0.315 e. The van der Waals surface area contributed by atoms with Gasteiger partial charge in [0.2, 0.25) is 0 Å². The fourth-order valence-electron chi connectivity index (χ4n) is 4.45. The lowest BCUT2D eigenvalue weighted by atomic mass is 9.96. The van der Waals surface area contributed by atoms with Crippen LogP contribution in [0.3, 0.4) is 0 Å². The van der Waals surface area contributed by atoms with Crippen molar-refractivity contribution in [2.75, 3.05) is 36.4 Å². The number of amides is 1. The van der Waals surface area contributed by atoms with E-state index < -0.39 is 5.91 Å². The molecule has 1 atom stereocenters. The zero-order valence-electron chi connectivity index (χ0n) is 23.4. The van der Waals surface area contributed by atoms with Crippen molar-refractivity contribution in [3.05, 3.63) is 65.6 Å². The number of aryl methyl sites for hydroxylation is 1. The number of hydrogen-bond donors (Lipinski definition) is 3. The van der Waals surface area contributed by atoms with Crippen molar-refractivity contribution in [3.8, 4) is 11.3 Å². The van der Waals surface area contributed by atoms with Crippen LogP contribution in [0, 0.1) is 6.92 Å². The number of aromatic nitrogens is 6. The van der Waals surface area contributed by atoms with E-state index in [-0.39, 0.29) is 17.3 Å².